The number of ether oxygens (including phenoxy) is 1. The summed E-state index contributed by atoms with van der Waals surface area (Å²) in [6, 6.07) is 10.4. The lowest BCUT2D eigenvalue weighted by molar-refractivity contribution is -0.186. The minimum Gasteiger partial charge on any atom is -0.350 e. The van der Waals surface area contributed by atoms with E-state index >= 15 is 0 Å². The molecule has 2 saturated heterocycles. The third kappa shape index (κ3) is 4.11. The summed E-state index contributed by atoms with van der Waals surface area (Å²) >= 11 is 0. The molecule has 2 fully saturated rings. The molecule has 8 nitrogen and oxygen atoms in total. The monoisotopic (exact) mass is 425 g/mol. The molecular formula is C22H24FN5O3. The molecular weight excluding hydrogens is 401 g/mol. The van der Waals surface area contributed by atoms with E-state index < -0.39 is 12.2 Å². The number of hydrogen-bond acceptors (Lipinski definition) is 6. The van der Waals surface area contributed by atoms with Crippen LogP contribution in [0.5, 0.6) is 0 Å². The van der Waals surface area contributed by atoms with Crippen LogP contribution in [0.3, 0.4) is 0 Å². The van der Waals surface area contributed by atoms with E-state index in [9.17, 15) is 9.18 Å². The number of fused-ring (bicyclic) bond motifs is 1. The zero-order valence-corrected chi connectivity index (χ0v) is 17.0. The summed E-state index contributed by atoms with van der Waals surface area (Å²) in [4.78, 5) is 24.5. The Morgan fingerprint density at radius 3 is 2.97 bits per heavy atom. The van der Waals surface area contributed by atoms with Gasteiger partial charge in [-0.15, -0.1) is 5.10 Å². The average Bonchev–Trinajstić information content (AvgIpc) is 3.45. The first-order valence-electron chi connectivity index (χ1n) is 10.6. The number of carbonyl (C=O) groups is 1. The Bertz CT molecular complexity index is 1080. The number of anilines is 1. The smallest absolute Gasteiger partial charge is 0.295 e. The van der Waals surface area contributed by atoms with E-state index in [1.165, 1.54) is 16.8 Å². The molecule has 0 aliphatic carbocycles. The first-order valence-corrected chi connectivity index (χ1v) is 10.6. The van der Waals surface area contributed by atoms with E-state index in [2.05, 4.69) is 20.5 Å². The van der Waals surface area contributed by atoms with E-state index in [-0.39, 0.29) is 17.6 Å². The molecule has 1 unspecified atom stereocenters. The molecule has 1 aromatic carbocycles. The van der Waals surface area contributed by atoms with E-state index in [4.69, 9.17) is 9.57 Å². The third-order valence-electron chi connectivity index (χ3n) is 5.78. The maximum absolute atomic E-state index is 13.8. The summed E-state index contributed by atoms with van der Waals surface area (Å²) in [6.07, 6.45) is 5.68. The normalized spacial score (nSPS) is 21.5. The van der Waals surface area contributed by atoms with Gasteiger partial charge in [0.05, 0.1) is 12.2 Å². The van der Waals surface area contributed by atoms with Gasteiger partial charge in [-0.25, -0.2) is 24.2 Å². The topological polar surface area (TPSA) is 81.0 Å². The molecule has 2 aliphatic heterocycles. The molecule has 0 bridgehead atoms. The van der Waals surface area contributed by atoms with Gasteiger partial charge < -0.3 is 9.64 Å². The molecule has 0 radical (unpaired) electrons. The van der Waals surface area contributed by atoms with Crippen molar-refractivity contribution in [3.63, 3.8) is 0 Å². The van der Waals surface area contributed by atoms with Crippen molar-refractivity contribution in [3.05, 3.63) is 59.7 Å². The van der Waals surface area contributed by atoms with Crippen molar-refractivity contribution in [2.24, 2.45) is 0 Å². The van der Waals surface area contributed by atoms with Crippen molar-refractivity contribution < 1.29 is 18.8 Å². The summed E-state index contributed by atoms with van der Waals surface area (Å²) in [7, 11) is 0. The highest BCUT2D eigenvalue weighted by atomic mass is 19.1. The number of carbonyl (C=O) groups excluding carboxylic acids is 1. The summed E-state index contributed by atoms with van der Waals surface area (Å²) < 4.78 is 20.7. The second kappa shape index (κ2) is 8.60. The molecule has 31 heavy (non-hydrogen) atoms. The number of hydroxylamine groups is 1. The Balaban J connectivity index is 1.37. The Labute approximate surface area is 178 Å². The van der Waals surface area contributed by atoms with Crippen LogP contribution < -0.4 is 10.4 Å². The van der Waals surface area contributed by atoms with Crippen molar-refractivity contribution >= 4 is 17.4 Å². The van der Waals surface area contributed by atoms with Crippen LogP contribution >= 0.6 is 0 Å². The lowest BCUT2D eigenvalue weighted by Gasteiger charge is -2.26. The van der Waals surface area contributed by atoms with Crippen LogP contribution in [0, 0.1) is 5.82 Å². The molecule has 2 aliphatic rings. The molecule has 5 rings (SSSR count). The van der Waals surface area contributed by atoms with Gasteiger partial charge in [0.15, 0.2) is 17.6 Å². The summed E-state index contributed by atoms with van der Waals surface area (Å²) in [6.45, 7) is 1.43. The van der Waals surface area contributed by atoms with Gasteiger partial charge >= 0.3 is 0 Å². The Morgan fingerprint density at radius 1 is 1.19 bits per heavy atom. The highest BCUT2D eigenvalue weighted by Crippen LogP contribution is 2.35. The van der Waals surface area contributed by atoms with Gasteiger partial charge in [-0.1, -0.05) is 12.1 Å². The molecule has 0 saturated carbocycles. The van der Waals surface area contributed by atoms with Crippen LogP contribution in [-0.4, -0.2) is 39.9 Å². The number of hydrogen-bond donors (Lipinski definition) is 1. The maximum atomic E-state index is 13.8. The number of benzene rings is 1. The molecule has 0 spiro atoms. The van der Waals surface area contributed by atoms with Crippen LogP contribution in [0.25, 0.3) is 5.65 Å². The van der Waals surface area contributed by atoms with Crippen LogP contribution in [0.1, 0.15) is 54.2 Å². The number of nitrogens with zero attached hydrogens (tertiary/aromatic N) is 4. The van der Waals surface area contributed by atoms with E-state index in [1.807, 2.05) is 18.2 Å². The fourth-order valence-electron chi connectivity index (χ4n) is 4.25. The van der Waals surface area contributed by atoms with Gasteiger partial charge in [0, 0.05) is 19.6 Å². The van der Waals surface area contributed by atoms with E-state index in [0.29, 0.717) is 18.1 Å². The number of nitrogens with one attached hydrogen (secondary N) is 1. The van der Waals surface area contributed by atoms with Crippen molar-refractivity contribution in [2.75, 3.05) is 18.1 Å². The molecule has 3 aromatic rings. The predicted octanol–water partition coefficient (Wildman–Crippen LogP) is 3.40. The second-order valence-corrected chi connectivity index (χ2v) is 7.86. The lowest BCUT2D eigenvalue weighted by atomic mass is 10.0. The zero-order chi connectivity index (χ0) is 21.2. The molecule has 1 amide bonds. The summed E-state index contributed by atoms with van der Waals surface area (Å²) in [5.41, 5.74) is 4.21. The Morgan fingerprint density at radius 2 is 2.13 bits per heavy atom. The molecule has 2 atom stereocenters. The fraction of sp³-hybridized carbons (Fsp3) is 0.409. The van der Waals surface area contributed by atoms with Crippen LogP contribution in [-0.2, 0) is 9.57 Å². The maximum Gasteiger partial charge on any atom is 0.295 e. The number of imidazole rings is 1. The molecule has 2 aromatic heterocycles. The summed E-state index contributed by atoms with van der Waals surface area (Å²) in [5, 5.41) is 4.67. The minimum absolute atomic E-state index is 0.0354. The Hall–Kier alpha value is -3.04. The lowest BCUT2D eigenvalue weighted by Crippen LogP contribution is -2.33. The van der Waals surface area contributed by atoms with E-state index in [1.54, 1.807) is 12.1 Å². The minimum atomic E-state index is -0.436. The highest BCUT2D eigenvalue weighted by Gasteiger charge is 2.28. The van der Waals surface area contributed by atoms with Crippen molar-refractivity contribution in [1.29, 1.82) is 0 Å². The third-order valence-corrected chi connectivity index (χ3v) is 5.78. The highest BCUT2D eigenvalue weighted by molar-refractivity contribution is 5.92. The van der Waals surface area contributed by atoms with Crippen LogP contribution in [0.4, 0.5) is 10.2 Å². The van der Waals surface area contributed by atoms with Crippen molar-refractivity contribution in [2.45, 2.75) is 44.4 Å². The van der Waals surface area contributed by atoms with Gasteiger partial charge in [0.2, 0.25) is 0 Å². The number of rotatable bonds is 5. The standard InChI is InChI=1S/C22H24FN5O3/c23-16-6-3-5-15(13-16)17-7-4-11-27(17)20-10-9-19-24-14-18(28(19)25-20)22(29)26-31-21-8-1-2-12-30-21/h3,5-6,9-10,13-14,17,21H,1-2,4,7-8,11-12H2,(H,26,29)/t17-,21?/m1/s1. The first-order chi connectivity index (χ1) is 15.2. The number of halogens is 1. The second-order valence-electron chi connectivity index (χ2n) is 7.86. The van der Waals surface area contributed by atoms with Gasteiger partial charge in [0.25, 0.3) is 5.91 Å². The average molecular weight is 425 g/mol. The number of amides is 1. The quantitative estimate of drug-likeness (QED) is 0.631. The van der Waals surface area contributed by atoms with Crippen LogP contribution in [0.15, 0.2) is 42.6 Å². The first kappa shape index (κ1) is 19.9. The summed E-state index contributed by atoms with van der Waals surface area (Å²) in [5.74, 6) is 0.0283. The van der Waals surface area contributed by atoms with Crippen molar-refractivity contribution in [1.82, 2.24) is 20.1 Å². The fourth-order valence-corrected chi connectivity index (χ4v) is 4.25. The zero-order valence-electron chi connectivity index (χ0n) is 17.0. The largest absolute Gasteiger partial charge is 0.350 e. The van der Waals surface area contributed by atoms with Crippen LogP contribution in [0.2, 0.25) is 0 Å². The molecule has 4 heterocycles. The Kier molecular flexibility index (Phi) is 5.52. The predicted molar refractivity (Wildman–Crippen MR) is 111 cm³/mol. The molecule has 1 N–H and O–H groups in total. The van der Waals surface area contributed by atoms with Gasteiger partial charge in [-0.2, -0.15) is 0 Å². The van der Waals surface area contributed by atoms with E-state index in [0.717, 1.165) is 44.2 Å². The van der Waals surface area contributed by atoms with Crippen molar-refractivity contribution in [3.8, 4) is 0 Å². The van der Waals surface area contributed by atoms with Gasteiger partial charge in [-0.05, 0) is 55.5 Å². The molecule has 9 heteroatoms. The van der Waals surface area contributed by atoms with Gasteiger partial charge in [-0.3, -0.25) is 4.79 Å². The molecule has 162 valence electrons. The number of aromatic nitrogens is 3. The van der Waals surface area contributed by atoms with Gasteiger partial charge in [0.1, 0.15) is 11.6 Å². The SMILES string of the molecule is O=C(NOC1CCCCO1)c1cnc2ccc(N3CCC[C@@H]3c3cccc(F)c3)nn12.